The summed E-state index contributed by atoms with van der Waals surface area (Å²) in [6.45, 7) is 5.76. The summed E-state index contributed by atoms with van der Waals surface area (Å²) in [7, 11) is 0. The molecular weight excluding hydrogens is 288 g/mol. The summed E-state index contributed by atoms with van der Waals surface area (Å²) < 4.78 is 1.55. The first-order valence-corrected chi connectivity index (χ1v) is 8.15. The molecule has 0 bridgehead atoms. The quantitative estimate of drug-likeness (QED) is 0.874. The lowest BCUT2D eigenvalue weighted by Gasteiger charge is -2.34. The third-order valence-electron chi connectivity index (χ3n) is 4.50. The SMILES string of the molecule is CC1(CNc2c(Cl)cnn(CC3CC3)c2=O)CCCNC1. The minimum atomic E-state index is -0.0956. The summed E-state index contributed by atoms with van der Waals surface area (Å²) in [5, 5.41) is 11.3. The fourth-order valence-electron chi connectivity index (χ4n) is 2.88. The average molecular weight is 311 g/mol. The van der Waals surface area contributed by atoms with Gasteiger partial charge in [-0.2, -0.15) is 5.10 Å². The molecule has 1 saturated heterocycles. The predicted octanol–water partition coefficient (Wildman–Crippen LogP) is 2.11. The maximum atomic E-state index is 12.5. The number of nitrogens with one attached hydrogen (secondary N) is 2. The standard InChI is InChI=1S/C15H23ClN4O/c1-15(5-2-6-17-9-15)10-18-13-12(16)7-19-20(14(13)21)8-11-3-4-11/h7,11,17-18H,2-6,8-10H2,1H3. The summed E-state index contributed by atoms with van der Waals surface area (Å²) in [5.74, 6) is 0.615. The summed E-state index contributed by atoms with van der Waals surface area (Å²) >= 11 is 6.16. The molecule has 2 aliphatic rings. The fourth-order valence-corrected chi connectivity index (χ4v) is 3.07. The van der Waals surface area contributed by atoms with E-state index in [0.29, 0.717) is 23.2 Å². The molecule has 1 atom stereocenters. The Morgan fingerprint density at radius 3 is 3.05 bits per heavy atom. The molecule has 1 aliphatic heterocycles. The number of hydrogen-bond acceptors (Lipinski definition) is 4. The van der Waals surface area contributed by atoms with Crippen LogP contribution in [0, 0.1) is 11.3 Å². The van der Waals surface area contributed by atoms with E-state index in [1.54, 1.807) is 10.9 Å². The highest BCUT2D eigenvalue weighted by Crippen LogP contribution is 2.30. The van der Waals surface area contributed by atoms with Crippen molar-refractivity contribution >= 4 is 17.3 Å². The van der Waals surface area contributed by atoms with E-state index in [4.69, 9.17) is 11.6 Å². The number of hydrogen-bond donors (Lipinski definition) is 2. The molecule has 2 heterocycles. The third kappa shape index (κ3) is 3.58. The minimum Gasteiger partial charge on any atom is -0.379 e. The van der Waals surface area contributed by atoms with Gasteiger partial charge in [0.15, 0.2) is 0 Å². The molecule has 0 radical (unpaired) electrons. The highest BCUT2D eigenvalue weighted by Gasteiger charge is 2.28. The molecule has 0 aromatic carbocycles. The summed E-state index contributed by atoms with van der Waals surface area (Å²) in [5.41, 5.74) is 0.569. The molecule has 2 fully saturated rings. The van der Waals surface area contributed by atoms with Crippen molar-refractivity contribution in [2.24, 2.45) is 11.3 Å². The Morgan fingerprint density at radius 1 is 1.57 bits per heavy atom. The zero-order chi connectivity index (χ0) is 14.9. The molecule has 1 saturated carbocycles. The summed E-state index contributed by atoms with van der Waals surface area (Å²) in [4.78, 5) is 12.5. The number of piperidine rings is 1. The van der Waals surface area contributed by atoms with Gasteiger partial charge in [0.25, 0.3) is 5.56 Å². The Morgan fingerprint density at radius 2 is 2.38 bits per heavy atom. The molecule has 1 aromatic rings. The highest BCUT2D eigenvalue weighted by molar-refractivity contribution is 6.32. The molecular formula is C15H23ClN4O. The van der Waals surface area contributed by atoms with Gasteiger partial charge in [-0.3, -0.25) is 4.79 Å². The maximum Gasteiger partial charge on any atom is 0.291 e. The van der Waals surface area contributed by atoms with E-state index in [-0.39, 0.29) is 11.0 Å². The lowest BCUT2D eigenvalue weighted by atomic mass is 9.83. The fraction of sp³-hybridized carbons (Fsp3) is 0.733. The van der Waals surface area contributed by atoms with Crippen molar-refractivity contribution in [1.29, 1.82) is 0 Å². The van der Waals surface area contributed by atoms with Crippen molar-refractivity contribution < 1.29 is 0 Å². The van der Waals surface area contributed by atoms with Crippen LogP contribution in [-0.2, 0) is 6.54 Å². The van der Waals surface area contributed by atoms with E-state index in [1.807, 2.05) is 0 Å². The van der Waals surface area contributed by atoms with Gasteiger partial charge < -0.3 is 10.6 Å². The zero-order valence-corrected chi connectivity index (χ0v) is 13.2. The van der Waals surface area contributed by atoms with Crippen molar-refractivity contribution in [3.8, 4) is 0 Å². The van der Waals surface area contributed by atoms with E-state index in [0.717, 1.165) is 26.1 Å². The van der Waals surface area contributed by atoms with Crippen molar-refractivity contribution in [2.45, 2.75) is 39.2 Å². The Bertz CT molecular complexity index is 561. The van der Waals surface area contributed by atoms with E-state index >= 15 is 0 Å². The summed E-state index contributed by atoms with van der Waals surface area (Å²) in [6.07, 6.45) is 6.31. The van der Waals surface area contributed by atoms with E-state index in [1.165, 1.54) is 19.3 Å². The van der Waals surface area contributed by atoms with Crippen LogP contribution in [0.1, 0.15) is 32.6 Å². The first-order chi connectivity index (χ1) is 10.1. The van der Waals surface area contributed by atoms with Crippen LogP contribution in [-0.4, -0.2) is 29.4 Å². The summed E-state index contributed by atoms with van der Waals surface area (Å²) in [6, 6.07) is 0. The molecule has 0 amide bonds. The predicted molar refractivity (Wildman–Crippen MR) is 84.9 cm³/mol. The Labute approximate surface area is 130 Å². The minimum absolute atomic E-state index is 0.0956. The average Bonchev–Trinajstić information content (AvgIpc) is 3.27. The van der Waals surface area contributed by atoms with Crippen molar-refractivity contribution in [3.05, 3.63) is 21.6 Å². The van der Waals surface area contributed by atoms with Gasteiger partial charge in [0.1, 0.15) is 5.69 Å². The second-order valence-corrected chi connectivity index (χ2v) is 7.15. The van der Waals surface area contributed by atoms with E-state index in [2.05, 4.69) is 22.7 Å². The molecule has 3 rings (SSSR count). The first kappa shape index (κ1) is 14.9. The molecule has 5 nitrogen and oxygen atoms in total. The second-order valence-electron chi connectivity index (χ2n) is 6.74. The van der Waals surface area contributed by atoms with Gasteiger partial charge in [0.05, 0.1) is 11.2 Å². The molecule has 1 aliphatic carbocycles. The van der Waals surface area contributed by atoms with Crippen LogP contribution >= 0.6 is 11.6 Å². The maximum absolute atomic E-state index is 12.5. The van der Waals surface area contributed by atoms with Gasteiger partial charge >= 0.3 is 0 Å². The van der Waals surface area contributed by atoms with Crippen molar-refractivity contribution in [1.82, 2.24) is 15.1 Å². The van der Waals surface area contributed by atoms with Crippen molar-refractivity contribution in [3.63, 3.8) is 0 Å². The molecule has 0 spiro atoms. The van der Waals surface area contributed by atoms with Gasteiger partial charge in [0, 0.05) is 19.6 Å². The highest BCUT2D eigenvalue weighted by atomic mass is 35.5. The Balaban J connectivity index is 1.72. The molecule has 2 N–H and O–H groups in total. The van der Waals surface area contributed by atoms with Gasteiger partial charge in [-0.1, -0.05) is 18.5 Å². The van der Waals surface area contributed by atoms with Crippen LogP contribution < -0.4 is 16.2 Å². The Hall–Kier alpha value is -1.07. The normalized spacial score (nSPS) is 25.8. The number of aromatic nitrogens is 2. The third-order valence-corrected chi connectivity index (χ3v) is 4.79. The van der Waals surface area contributed by atoms with E-state index in [9.17, 15) is 4.79 Å². The number of anilines is 1. The van der Waals surface area contributed by atoms with Gasteiger partial charge in [0.2, 0.25) is 0 Å². The van der Waals surface area contributed by atoms with Gasteiger partial charge in [-0.15, -0.1) is 0 Å². The van der Waals surface area contributed by atoms with Crippen LogP contribution in [0.25, 0.3) is 0 Å². The van der Waals surface area contributed by atoms with E-state index < -0.39 is 0 Å². The van der Waals surface area contributed by atoms with Crippen LogP contribution in [0.15, 0.2) is 11.0 Å². The molecule has 6 heteroatoms. The molecule has 1 aromatic heterocycles. The number of rotatable bonds is 5. The smallest absolute Gasteiger partial charge is 0.291 e. The molecule has 1 unspecified atom stereocenters. The number of halogens is 1. The molecule has 116 valence electrons. The van der Waals surface area contributed by atoms with Crippen LogP contribution in [0.5, 0.6) is 0 Å². The second kappa shape index (κ2) is 5.97. The van der Waals surface area contributed by atoms with Crippen LogP contribution in [0.4, 0.5) is 5.69 Å². The monoisotopic (exact) mass is 310 g/mol. The zero-order valence-electron chi connectivity index (χ0n) is 12.5. The van der Waals surface area contributed by atoms with Gasteiger partial charge in [-0.05, 0) is 43.6 Å². The lowest BCUT2D eigenvalue weighted by molar-refractivity contribution is 0.253. The van der Waals surface area contributed by atoms with Gasteiger partial charge in [-0.25, -0.2) is 4.68 Å². The van der Waals surface area contributed by atoms with Crippen LogP contribution in [0.2, 0.25) is 5.02 Å². The van der Waals surface area contributed by atoms with Crippen LogP contribution in [0.3, 0.4) is 0 Å². The Kier molecular flexibility index (Phi) is 4.22. The largest absolute Gasteiger partial charge is 0.379 e. The van der Waals surface area contributed by atoms with Crippen molar-refractivity contribution in [2.75, 3.05) is 25.0 Å². The first-order valence-electron chi connectivity index (χ1n) is 7.78. The number of nitrogens with zero attached hydrogens (tertiary/aromatic N) is 2. The lowest BCUT2D eigenvalue weighted by Crippen LogP contribution is -2.43. The molecule has 21 heavy (non-hydrogen) atoms. The topological polar surface area (TPSA) is 59.0 Å².